The third-order valence-electron chi connectivity index (χ3n) is 3.10. The zero-order valence-electron chi connectivity index (χ0n) is 12.5. The standard InChI is InChI=1S/C15H20F2N2O2/c1-4-19(5-2)12(10-18)11-7-8-13(21-15(16)17)14(9-11)20-6-3/h7-9,12,15H,4-6H2,1-3H3. The van der Waals surface area contributed by atoms with E-state index in [1.54, 1.807) is 19.1 Å². The minimum atomic E-state index is -2.91. The number of hydrogen-bond acceptors (Lipinski definition) is 4. The second kappa shape index (κ2) is 8.42. The van der Waals surface area contributed by atoms with Crippen molar-refractivity contribution in [3.63, 3.8) is 0 Å². The van der Waals surface area contributed by atoms with E-state index in [2.05, 4.69) is 10.8 Å². The SMILES string of the molecule is CCOc1cc(C(C#N)N(CC)CC)ccc1OC(F)F. The summed E-state index contributed by atoms with van der Waals surface area (Å²) in [5.41, 5.74) is 0.700. The molecule has 1 unspecified atom stereocenters. The monoisotopic (exact) mass is 298 g/mol. The predicted octanol–water partition coefficient (Wildman–Crippen LogP) is 3.59. The van der Waals surface area contributed by atoms with Crippen LogP contribution in [0.25, 0.3) is 0 Å². The van der Waals surface area contributed by atoms with Crippen molar-refractivity contribution in [3.8, 4) is 17.6 Å². The lowest BCUT2D eigenvalue weighted by Gasteiger charge is -2.25. The first-order valence-corrected chi connectivity index (χ1v) is 6.92. The van der Waals surface area contributed by atoms with E-state index in [-0.39, 0.29) is 11.5 Å². The number of rotatable bonds is 8. The van der Waals surface area contributed by atoms with Crippen LogP contribution in [0.5, 0.6) is 11.5 Å². The van der Waals surface area contributed by atoms with Crippen LogP contribution < -0.4 is 9.47 Å². The third kappa shape index (κ3) is 4.57. The molecule has 1 rings (SSSR count). The van der Waals surface area contributed by atoms with E-state index >= 15 is 0 Å². The molecule has 0 radical (unpaired) electrons. The quantitative estimate of drug-likeness (QED) is 0.735. The molecule has 116 valence electrons. The molecular weight excluding hydrogens is 278 g/mol. The lowest BCUT2D eigenvalue weighted by atomic mass is 10.1. The minimum absolute atomic E-state index is 0.0214. The van der Waals surface area contributed by atoms with Gasteiger partial charge in [0.15, 0.2) is 11.5 Å². The normalized spacial score (nSPS) is 12.3. The second-order valence-corrected chi connectivity index (χ2v) is 4.27. The number of nitriles is 1. The van der Waals surface area contributed by atoms with E-state index in [0.717, 1.165) is 0 Å². The Morgan fingerprint density at radius 1 is 1.19 bits per heavy atom. The van der Waals surface area contributed by atoms with Crippen molar-refractivity contribution in [1.29, 1.82) is 5.26 Å². The average molecular weight is 298 g/mol. The van der Waals surface area contributed by atoms with Gasteiger partial charge in [-0.25, -0.2) is 0 Å². The summed E-state index contributed by atoms with van der Waals surface area (Å²) in [6.45, 7) is 4.53. The van der Waals surface area contributed by atoms with Gasteiger partial charge < -0.3 is 9.47 Å². The first-order chi connectivity index (χ1) is 10.1. The molecule has 0 N–H and O–H groups in total. The molecule has 0 aliphatic heterocycles. The number of benzene rings is 1. The molecule has 0 aromatic heterocycles. The molecule has 6 heteroatoms. The van der Waals surface area contributed by atoms with Crippen LogP contribution in [0.3, 0.4) is 0 Å². The van der Waals surface area contributed by atoms with E-state index in [4.69, 9.17) is 4.74 Å². The maximum atomic E-state index is 12.4. The van der Waals surface area contributed by atoms with Crippen molar-refractivity contribution in [2.75, 3.05) is 19.7 Å². The molecule has 21 heavy (non-hydrogen) atoms. The minimum Gasteiger partial charge on any atom is -0.490 e. The maximum absolute atomic E-state index is 12.4. The molecule has 1 aromatic carbocycles. The van der Waals surface area contributed by atoms with Crippen molar-refractivity contribution < 1.29 is 18.3 Å². The molecular formula is C15H20F2N2O2. The van der Waals surface area contributed by atoms with Crippen molar-refractivity contribution in [1.82, 2.24) is 4.90 Å². The van der Waals surface area contributed by atoms with Crippen molar-refractivity contribution >= 4 is 0 Å². The first kappa shape index (κ1) is 17.2. The Labute approximate surface area is 123 Å². The Morgan fingerprint density at radius 2 is 1.86 bits per heavy atom. The van der Waals surface area contributed by atoms with Gasteiger partial charge in [0.05, 0.1) is 12.7 Å². The van der Waals surface area contributed by atoms with Crippen LogP contribution in [0, 0.1) is 11.3 Å². The highest BCUT2D eigenvalue weighted by molar-refractivity contribution is 5.45. The first-order valence-electron chi connectivity index (χ1n) is 6.92. The highest BCUT2D eigenvalue weighted by atomic mass is 19.3. The lowest BCUT2D eigenvalue weighted by molar-refractivity contribution is -0.0514. The molecule has 0 saturated heterocycles. The van der Waals surface area contributed by atoms with Crippen LogP contribution in [-0.4, -0.2) is 31.2 Å². The van der Waals surface area contributed by atoms with Crippen LogP contribution in [0.4, 0.5) is 8.78 Å². The summed E-state index contributed by atoms with van der Waals surface area (Å²) in [5.74, 6) is 0.203. The molecule has 0 bridgehead atoms. The number of alkyl halides is 2. The predicted molar refractivity (Wildman–Crippen MR) is 75.5 cm³/mol. The summed E-state index contributed by atoms with van der Waals surface area (Å²) in [5, 5.41) is 9.36. The van der Waals surface area contributed by atoms with Gasteiger partial charge in [0.2, 0.25) is 0 Å². The summed E-state index contributed by atoms with van der Waals surface area (Å²) in [4.78, 5) is 1.97. The Hall–Kier alpha value is -1.87. The summed E-state index contributed by atoms with van der Waals surface area (Å²) < 4.78 is 34.5. The van der Waals surface area contributed by atoms with Gasteiger partial charge in [-0.05, 0) is 37.7 Å². The molecule has 0 heterocycles. The number of ether oxygens (including phenoxy) is 2. The topological polar surface area (TPSA) is 45.5 Å². The Kier molecular flexibility index (Phi) is 6.89. The van der Waals surface area contributed by atoms with Gasteiger partial charge in [-0.3, -0.25) is 4.90 Å². The van der Waals surface area contributed by atoms with E-state index < -0.39 is 12.7 Å². The highest BCUT2D eigenvalue weighted by Gasteiger charge is 2.20. The Bertz CT molecular complexity index is 485. The zero-order valence-corrected chi connectivity index (χ0v) is 12.5. The molecule has 4 nitrogen and oxygen atoms in total. The summed E-state index contributed by atoms with van der Waals surface area (Å²) in [6, 6.07) is 6.41. The summed E-state index contributed by atoms with van der Waals surface area (Å²) >= 11 is 0. The molecule has 0 aliphatic carbocycles. The molecule has 0 spiro atoms. The average Bonchev–Trinajstić information content (AvgIpc) is 2.46. The molecule has 0 saturated carbocycles. The summed E-state index contributed by atoms with van der Waals surface area (Å²) in [6.07, 6.45) is 0. The molecule has 0 fully saturated rings. The van der Waals surface area contributed by atoms with E-state index in [1.807, 2.05) is 18.7 Å². The third-order valence-corrected chi connectivity index (χ3v) is 3.10. The molecule has 0 aliphatic rings. The zero-order chi connectivity index (χ0) is 15.8. The largest absolute Gasteiger partial charge is 0.490 e. The molecule has 1 atom stereocenters. The van der Waals surface area contributed by atoms with Gasteiger partial charge >= 0.3 is 6.61 Å². The maximum Gasteiger partial charge on any atom is 0.387 e. The van der Waals surface area contributed by atoms with Gasteiger partial charge in [-0.15, -0.1) is 0 Å². The van der Waals surface area contributed by atoms with E-state index in [1.165, 1.54) is 6.07 Å². The lowest BCUT2D eigenvalue weighted by Crippen LogP contribution is -2.27. The van der Waals surface area contributed by atoms with Gasteiger partial charge in [0, 0.05) is 0 Å². The van der Waals surface area contributed by atoms with Crippen molar-refractivity contribution in [2.45, 2.75) is 33.4 Å². The molecule has 1 aromatic rings. The smallest absolute Gasteiger partial charge is 0.387 e. The van der Waals surface area contributed by atoms with Gasteiger partial charge in [0.1, 0.15) is 6.04 Å². The fourth-order valence-corrected chi connectivity index (χ4v) is 2.11. The Balaban J connectivity index is 3.14. The fourth-order valence-electron chi connectivity index (χ4n) is 2.11. The van der Waals surface area contributed by atoms with Gasteiger partial charge in [-0.1, -0.05) is 19.9 Å². The van der Waals surface area contributed by atoms with Crippen molar-refractivity contribution in [3.05, 3.63) is 23.8 Å². The summed E-state index contributed by atoms with van der Waals surface area (Å²) in [7, 11) is 0. The van der Waals surface area contributed by atoms with E-state index in [9.17, 15) is 14.0 Å². The highest BCUT2D eigenvalue weighted by Crippen LogP contribution is 2.33. The molecule has 0 amide bonds. The van der Waals surface area contributed by atoms with Crippen LogP contribution in [0.2, 0.25) is 0 Å². The van der Waals surface area contributed by atoms with Crippen LogP contribution in [-0.2, 0) is 0 Å². The van der Waals surface area contributed by atoms with Crippen LogP contribution in [0.15, 0.2) is 18.2 Å². The van der Waals surface area contributed by atoms with Crippen LogP contribution in [0.1, 0.15) is 32.4 Å². The van der Waals surface area contributed by atoms with Gasteiger partial charge in [0.25, 0.3) is 0 Å². The number of hydrogen-bond donors (Lipinski definition) is 0. The van der Waals surface area contributed by atoms with Crippen molar-refractivity contribution in [2.24, 2.45) is 0 Å². The number of nitrogens with zero attached hydrogens (tertiary/aromatic N) is 2. The second-order valence-electron chi connectivity index (χ2n) is 4.27. The fraction of sp³-hybridized carbons (Fsp3) is 0.533. The number of halogens is 2. The van der Waals surface area contributed by atoms with Crippen LogP contribution >= 0.6 is 0 Å². The van der Waals surface area contributed by atoms with E-state index in [0.29, 0.717) is 25.3 Å². The van der Waals surface area contributed by atoms with Gasteiger partial charge in [-0.2, -0.15) is 14.0 Å². The Morgan fingerprint density at radius 3 is 2.33 bits per heavy atom.